The molecule has 1 aromatic heterocycles. The van der Waals surface area contributed by atoms with Gasteiger partial charge in [-0.05, 0) is 6.92 Å². The maximum Gasteiger partial charge on any atom is 0.229 e. The van der Waals surface area contributed by atoms with Gasteiger partial charge in [-0.3, -0.25) is 0 Å². The summed E-state index contributed by atoms with van der Waals surface area (Å²) in [5.41, 5.74) is -0.755. The van der Waals surface area contributed by atoms with Crippen LogP contribution in [0.25, 0.3) is 0 Å². The highest BCUT2D eigenvalue weighted by Crippen LogP contribution is 2.27. The van der Waals surface area contributed by atoms with Crippen LogP contribution in [0.4, 0.5) is 0 Å². The monoisotopic (exact) mass is 226 g/mol. The van der Waals surface area contributed by atoms with Gasteiger partial charge in [0.25, 0.3) is 0 Å². The fraction of sp³-hybridized carbons (Fsp3) is 0.818. The van der Waals surface area contributed by atoms with Gasteiger partial charge in [0.15, 0.2) is 5.82 Å². The number of aryl methyl sites for hydroxylation is 1. The zero-order chi connectivity index (χ0) is 11.6. The second-order valence-electron chi connectivity index (χ2n) is 4.49. The Balaban J connectivity index is 2.02. The Labute approximate surface area is 94.8 Å². The lowest BCUT2D eigenvalue weighted by atomic mass is 9.88. The molecule has 0 spiro atoms. The zero-order valence-electron chi connectivity index (χ0n) is 9.77. The van der Waals surface area contributed by atoms with Gasteiger partial charge >= 0.3 is 0 Å². The fourth-order valence-electron chi connectivity index (χ4n) is 2.09. The molecule has 0 bridgehead atoms. The van der Waals surface area contributed by atoms with Crippen LogP contribution in [-0.4, -0.2) is 33.6 Å². The fourth-order valence-corrected chi connectivity index (χ4v) is 2.09. The first-order valence-electron chi connectivity index (χ1n) is 5.77. The largest absolute Gasteiger partial charge is 0.389 e. The number of aliphatic hydroxyl groups is 1. The van der Waals surface area contributed by atoms with Crippen molar-refractivity contribution in [1.29, 1.82) is 0 Å². The first kappa shape index (κ1) is 11.5. The van der Waals surface area contributed by atoms with Crippen LogP contribution < -0.4 is 0 Å². The van der Waals surface area contributed by atoms with Crippen molar-refractivity contribution in [2.75, 3.05) is 6.61 Å². The molecule has 5 nitrogen and oxygen atoms in total. The maximum absolute atomic E-state index is 10.4. The molecule has 1 N–H and O–H groups in total. The van der Waals surface area contributed by atoms with Crippen LogP contribution in [0.15, 0.2) is 4.52 Å². The molecule has 2 heterocycles. The van der Waals surface area contributed by atoms with Gasteiger partial charge in [-0.15, -0.1) is 0 Å². The van der Waals surface area contributed by atoms with Crippen molar-refractivity contribution in [3.63, 3.8) is 0 Å². The van der Waals surface area contributed by atoms with Crippen molar-refractivity contribution in [2.24, 2.45) is 0 Å². The smallest absolute Gasteiger partial charge is 0.229 e. The molecule has 1 aliphatic heterocycles. The highest BCUT2D eigenvalue weighted by molar-refractivity contribution is 4.95. The topological polar surface area (TPSA) is 68.4 Å². The summed E-state index contributed by atoms with van der Waals surface area (Å²) < 4.78 is 10.5. The summed E-state index contributed by atoms with van der Waals surface area (Å²) in [7, 11) is 0. The molecule has 1 aromatic rings. The summed E-state index contributed by atoms with van der Waals surface area (Å²) in [6.45, 7) is 4.53. The van der Waals surface area contributed by atoms with E-state index in [4.69, 9.17) is 9.26 Å². The lowest BCUT2D eigenvalue weighted by Crippen LogP contribution is -2.41. The van der Waals surface area contributed by atoms with E-state index in [2.05, 4.69) is 10.1 Å². The van der Waals surface area contributed by atoms with Crippen LogP contribution in [0.2, 0.25) is 0 Å². The van der Waals surface area contributed by atoms with Gasteiger partial charge < -0.3 is 14.4 Å². The highest BCUT2D eigenvalue weighted by atomic mass is 16.5. The van der Waals surface area contributed by atoms with Crippen molar-refractivity contribution in [2.45, 2.75) is 51.2 Å². The Morgan fingerprint density at radius 1 is 1.56 bits per heavy atom. The molecule has 2 unspecified atom stereocenters. The Hall–Kier alpha value is -0.940. The van der Waals surface area contributed by atoms with Crippen molar-refractivity contribution >= 4 is 0 Å². The van der Waals surface area contributed by atoms with E-state index >= 15 is 0 Å². The number of aromatic nitrogens is 2. The summed E-state index contributed by atoms with van der Waals surface area (Å²) in [6, 6.07) is 0. The second kappa shape index (κ2) is 4.51. The van der Waals surface area contributed by atoms with Crippen molar-refractivity contribution in [3.05, 3.63) is 11.7 Å². The van der Waals surface area contributed by atoms with E-state index in [0.29, 0.717) is 37.6 Å². The first-order valence-corrected chi connectivity index (χ1v) is 5.77. The van der Waals surface area contributed by atoms with Crippen molar-refractivity contribution < 1.29 is 14.4 Å². The van der Waals surface area contributed by atoms with Gasteiger partial charge in [-0.1, -0.05) is 12.1 Å². The van der Waals surface area contributed by atoms with E-state index in [1.54, 1.807) is 0 Å². The third-order valence-electron chi connectivity index (χ3n) is 2.94. The van der Waals surface area contributed by atoms with Crippen LogP contribution in [-0.2, 0) is 17.6 Å². The Morgan fingerprint density at radius 2 is 2.38 bits per heavy atom. The maximum atomic E-state index is 10.4. The van der Waals surface area contributed by atoms with Gasteiger partial charge in [-0.2, -0.15) is 4.98 Å². The van der Waals surface area contributed by atoms with E-state index in [1.807, 2.05) is 13.8 Å². The number of ether oxygens (including phenoxy) is 1. The quantitative estimate of drug-likeness (QED) is 0.836. The summed E-state index contributed by atoms with van der Waals surface area (Å²) >= 11 is 0. The van der Waals surface area contributed by atoms with Gasteiger partial charge in [0.05, 0.1) is 18.1 Å². The predicted octanol–water partition coefficient (Wildman–Crippen LogP) is 1.10. The van der Waals surface area contributed by atoms with Gasteiger partial charge in [0.1, 0.15) is 0 Å². The van der Waals surface area contributed by atoms with Crippen molar-refractivity contribution in [1.82, 2.24) is 10.1 Å². The molecule has 5 heteroatoms. The predicted molar refractivity (Wildman–Crippen MR) is 57.0 cm³/mol. The number of hydrogen-bond donors (Lipinski definition) is 1. The average molecular weight is 226 g/mol. The lowest BCUT2D eigenvalue weighted by Gasteiger charge is -2.34. The van der Waals surface area contributed by atoms with Crippen LogP contribution in [0.5, 0.6) is 0 Å². The number of nitrogens with zero attached hydrogens (tertiary/aromatic N) is 2. The normalized spacial score (nSPS) is 30.6. The van der Waals surface area contributed by atoms with Crippen molar-refractivity contribution in [3.8, 4) is 0 Å². The van der Waals surface area contributed by atoms with Crippen LogP contribution in [0, 0.1) is 0 Å². The molecule has 2 rings (SSSR count). The minimum atomic E-state index is -0.755. The van der Waals surface area contributed by atoms with E-state index in [1.165, 1.54) is 0 Å². The zero-order valence-corrected chi connectivity index (χ0v) is 9.77. The summed E-state index contributed by atoms with van der Waals surface area (Å²) in [4.78, 5) is 4.21. The Morgan fingerprint density at radius 3 is 3.00 bits per heavy atom. The average Bonchev–Trinajstić information content (AvgIpc) is 2.64. The second-order valence-corrected chi connectivity index (χ2v) is 4.49. The molecule has 0 radical (unpaired) electrons. The summed E-state index contributed by atoms with van der Waals surface area (Å²) in [5, 5.41) is 14.2. The minimum Gasteiger partial charge on any atom is -0.389 e. The molecule has 0 aromatic carbocycles. The number of hydrogen-bond acceptors (Lipinski definition) is 5. The molecule has 90 valence electrons. The molecule has 0 saturated carbocycles. The molecule has 0 amide bonds. The standard InChI is InChI=1S/C11H18N2O3/c1-3-9-12-10(16-13-9)7-11(14)4-5-15-8(2)6-11/h8,14H,3-7H2,1-2H3. The van der Waals surface area contributed by atoms with E-state index in [0.717, 1.165) is 6.42 Å². The van der Waals surface area contributed by atoms with E-state index < -0.39 is 5.60 Å². The van der Waals surface area contributed by atoms with Gasteiger partial charge in [0.2, 0.25) is 5.89 Å². The van der Waals surface area contributed by atoms with Crippen LogP contribution in [0.3, 0.4) is 0 Å². The molecular weight excluding hydrogens is 208 g/mol. The molecule has 1 saturated heterocycles. The third kappa shape index (κ3) is 2.59. The van der Waals surface area contributed by atoms with E-state index in [9.17, 15) is 5.11 Å². The minimum absolute atomic E-state index is 0.0901. The molecule has 1 fully saturated rings. The van der Waals surface area contributed by atoms with Gasteiger partial charge in [0, 0.05) is 25.9 Å². The molecular formula is C11H18N2O3. The summed E-state index contributed by atoms with van der Waals surface area (Å²) in [5.74, 6) is 1.21. The van der Waals surface area contributed by atoms with E-state index in [-0.39, 0.29) is 6.10 Å². The van der Waals surface area contributed by atoms with Crippen LogP contribution >= 0.6 is 0 Å². The molecule has 2 atom stereocenters. The molecule has 1 aliphatic rings. The SMILES string of the molecule is CCc1noc(CC2(O)CCOC(C)C2)n1. The summed E-state index contributed by atoms with van der Waals surface area (Å²) in [6.07, 6.45) is 2.51. The van der Waals surface area contributed by atoms with Crippen LogP contribution in [0.1, 0.15) is 38.4 Å². The van der Waals surface area contributed by atoms with Gasteiger partial charge in [-0.25, -0.2) is 0 Å². The lowest BCUT2D eigenvalue weighted by molar-refractivity contribution is -0.0987. The first-order chi connectivity index (χ1) is 7.61. The molecule has 16 heavy (non-hydrogen) atoms. The Kier molecular flexibility index (Phi) is 3.25. The molecule has 0 aliphatic carbocycles. The number of rotatable bonds is 3. The highest BCUT2D eigenvalue weighted by Gasteiger charge is 2.35. The Bertz CT molecular complexity index is 353. The third-order valence-corrected chi connectivity index (χ3v) is 2.94.